The lowest BCUT2D eigenvalue weighted by Gasteiger charge is -2.19. The lowest BCUT2D eigenvalue weighted by molar-refractivity contribution is -0.00102. The van der Waals surface area contributed by atoms with Gasteiger partial charge in [-0.05, 0) is 48.9 Å². The molecule has 0 amide bonds. The van der Waals surface area contributed by atoms with E-state index in [1.807, 2.05) is 6.07 Å². The van der Waals surface area contributed by atoms with Crippen molar-refractivity contribution in [3.63, 3.8) is 0 Å². The van der Waals surface area contributed by atoms with Crippen molar-refractivity contribution in [2.24, 2.45) is 0 Å². The number of nitriles is 1. The highest BCUT2D eigenvalue weighted by Gasteiger charge is 2.41. The number of aromatic carboxylic acids is 1. The SMILES string of the molecule is N#Cc1cc(NS(=O)(=O)c2cc(C(=O)O)ccc2C2CC2)c(OC2CCC(F)(F)C2)cc1Cl. The van der Waals surface area contributed by atoms with E-state index < -0.39 is 34.4 Å². The Balaban J connectivity index is 1.73. The van der Waals surface area contributed by atoms with E-state index in [9.17, 15) is 32.4 Å². The van der Waals surface area contributed by atoms with Crippen LogP contribution in [0.1, 0.15) is 59.5 Å². The van der Waals surface area contributed by atoms with Crippen molar-refractivity contribution in [1.29, 1.82) is 5.26 Å². The average molecular weight is 497 g/mol. The summed E-state index contributed by atoms with van der Waals surface area (Å²) in [5.41, 5.74) is 0.104. The molecule has 2 aromatic rings. The van der Waals surface area contributed by atoms with Crippen molar-refractivity contribution >= 4 is 33.3 Å². The molecule has 2 aliphatic carbocycles. The monoisotopic (exact) mass is 496 g/mol. The van der Waals surface area contributed by atoms with E-state index >= 15 is 0 Å². The maximum atomic E-state index is 13.6. The van der Waals surface area contributed by atoms with Gasteiger partial charge in [0.25, 0.3) is 15.9 Å². The third-order valence-electron chi connectivity index (χ3n) is 5.65. The zero-order valence-corrected chi connectivity index (χ0v) is 18.7. The summed E-state index contributed by atoms with van der Waals surface area (Å²) in [5, 5.41) is 18.6. The van der Waals surface area contributed by atoms with Gasteiger partial charge in [0, 0.05) is 18.9 Å². The molecule has 7 nitrogen and oxygen atoms in total. The minimum Gasteiger partial charge on any atom is -0.488 e. The molecule has 2 saturated carbocycles. The number of benzene rings is 2. The Morgan fingerprint density at radius 1 is 1.24 bits per heavy atom. The molecule has 33 heavy (non-hydrogen) atoms. The molecule has 174 valence electrons. The first-order chi connectivity index (χ1) is 15.5. The number of carboxylic acids is 1. The molecule has 0 aliphatic heterocycles. The molecule has 4 rings (SSSR count). The summed E-state index contributed by atoms with van der Waals surface area (Å²) in [6.07, 6.45) is -0.107. The van der Waals surface area contributed by atoms with Gasteiger partial charge in [-0.3, -0.25) is 4.72 Å². The minimum absolute atomic E-state index is 0.00394. The van der Waals surface area contributed by atoms with Gasteiger partial charge in [0.05, 0.1) is 26.7 Å². The minimum atomic E-state index is -4.32. The Kier molecular flexibility index (Phi) is 5.97. The molecular formula is C22H19ClF2N2O5S. The number of carboxylic acid groups (broad SMARTS) is 1. The molecule has 1 unspecified atom stereocenters. The number of sulfonamides is 1. The maximum Gasteiger partial charge on any atom is 0.335 e. The number of alkyl halides is 2. The quantitative estimate of drug-likeness (QED) is 0.547. The van der Waals surface area contributed by atoms with E-state index in [1.54, 1.807) is 0 Å². The van der Waals surface area contributed by atoms with Crippen molar-refractivity contribution < 1.29 is 31.8 Å². The predicted molar refractivity (Wildman–Crippen MR) is 116 cm³/mol. The van der Waals surface area contributed by atoms with Gasteiger partial charge in [-0.25, -0.2) is 22.0 Å². The van der Waals surface area contributed by atoms with Gasteiger partial charge in [-0.2, -0.15) is 5.26 Å². The Labute approximate surface area is 194 Å². The van der Waals surface area contributed by atoms with Gasteiger partial charge in [0.2, 0.25) is 0 Å². The molecule has 2 aromatic carbocycles. The average Bonchev–Trinajstić information content (AvgIpc) is 3.53. The normalized spacial score (nSPS) is 19.6. The van der Waals surface area contributed by atoms with Crippen molar-refractivity contribution in [3.8, 4) is 11.8 Å². The van der Waals surface area contributed by atoms with Crippen molar-refractivity contribution in [3.05, 3.63) is 52.0 Å². The van der Waals surface area contributed by atoms with Crippen LogP contribution < -0.4 is 9.46 Å². The molecule has 0 aromatic heterocycles. The van der Waals surface area contributed by atoms with Gasteiger partial charge in [0.1, 0.15) is 17.9 Å². The van der Waals surface area contributed by atoms with E-state index in [1.165, 1.54) is 24.3 Å². The first kappa shape index (κ1) is 23.3. The van der Waals surface area contributed by atoms with Gasteiger partial charge >= 0.3 is 5.97 Å². The number of rotatable bonds is 7. The molecular weight excluding hydrogens is 478 g/mol. The second-order valence-corrected chi connectivity index (χ2v) is 10.3. The van der Waals surface area contributed by atoms with Gasteiger partial charge in [0.15, 0.2) is 0 Å². The fourth-order valence-corrected chi connectivity index (χ4v) is 5.42. The topological polar surface area (TPSA) is 116 Å². The summed E-state index contributed by atoms with van der Waals surface area (Å²) in [7, 11) is -4.32. The third-order valence-corrected chi connectivity index (χ3v) is 7.39. The zero-order valence-electron chi connectivity index (χ0n) is 17.1. The van der Waals surface area contributed by atoms with Gasteiger partial charge in [-0.15, -0.1) is 0 Å². The lowest BCUT2D eigenvalue weighted by Crippen LogP contribution is -2.20. The van der Waals surface area contributed by atoms with E-state index in [-0.39, 0.29) is 51.2 Å². The lowest BCUT2D eigenvalue weighted by atomic mass is 10.1. The second-order valence-electron chi connectivity index (χ2n) is 8.22. The van der Waals surface area contributed by atoms with Gasteiger partial charge < -0.3 is 9.84 Å². The third kappa shape index (κ3) is 5.04. The summed E-state index contributed by atoms with van der Waals surface area (Å²) in [4.78, 5) is 11.2. The molecule has 2 fully saturated rings. The van der Waals surface area contributed by atoms with Crippen molar-refractivity contribution in [2.45, 2.75) is 54.9 Å². The Bertz CT molecular complexity index is 1270. The zero-order chi connectivity index (χ0) is 24.0. The molecule has 0 radical (unpaired) electrons. The van der Waals surface area contributed by atoms with Crippen LogP contribution >= 0.6 is 11.6 Å². The number of hydrogen-bond donors (Lipinski definition) is 2. The van der Waals surface area contributed by atoms with Crippen LogP contribution in [-0.4, -0.2) is 31.5 Å². The number of hydrogen-bond acceptors (Lipinski definition) is 5. The molecule has 1 atom stereocenters. The van der Waals surface area contributed by atoms with Gasteiger partial charge in [-0.1, -0.05) is 17.7 Å². The van der Waals surface area contributed by atoms with Crippen LogP contribution in [-0.2, 0) is 10.0 Å². The standard InChI is InChI=1S/C22H19ClF2N2O5S/c23-17-9-19(32-15-5-6-22(24,25)10-15)18(7-14(17)11-26)27-33(30,31)20-8-13(21(28)29)3-4-16(20)12-1-2-12/h3-4,7-9,12,15,27H,1-2,5-6,10H2,(H,28,29). The molecule has 11 heteroatoms. The summed E-state index contributed by atoms with van der Waals surface area (Å²) in [6.45, 7) is 0. The Hall–Kier alpha value is -2.90. The summed E-state index contributed by atoms with van der Waals surface area (Å²) in [6, 6.07) is 8.13. The highest BCUT2D eigenvalue weighted by molar-refractivity contribution is 7.92. The molecule has 0 saturated heterocycles. The summed E-state index contributed by atoms with van der Waals surface area (Å²) in [5.74, 6) is -4.25. The number of carbonyl (C=O) groups is 1. The fourth-order valence-electron chi connectivity index (χ4n) is 3.84. The number of halogens is 3. The van der Waals surface area contributed by atoms with Crippen LogP contribution in [0.2, 0.25) is 5.02 Å². The van der Waals surface area contributed by atoms with E-state index in [2.05, 4.69) is 4.72 Å². The largest absolute Gasteiger partial charge is 0.488 e. The Morgan fingerprint density at radius 3 is 2.55 bits per heavy atom. The number of ether oxygens (including phenoxy) is 1. The molecule has 0 spiro atoms. The smallest absolute Gasteiger partial charge is 0.335 e. The second kappa shape index (κ2) is 8.47. The van der Waals surface area contributed by atoms with E-state index in [4.69, 9.17) is 16.3 Å². The van der Waals surface area contributed by atoms with Crippen LogP contribution in [0.5, 0.6) is 5.75 Å². The molecule has 2 N–H and O–H groups in total. The van der Waals surface area contributed by atoms with Crippen LogP contribution in [0.4, 0.5) is 14.5 Å². The summed E-state index contributed by atoms with van der Waals surface area (Å²) < 4.78 is 61.8. The molecule has 0 heterocycles. The van der Waals surface area contributed by atoms with E-state index in [0.717, 1.165) is 18.9 Å². The highest BCUT2D eigenvalue weighted by Crippen LogP contribution is 2.44. The first-order valence-corrected chi connectivity index (χ1v) is 12.0. The maximum absolute atomic E-state index is 13.6. The number of nitrogens with zero attached hydrogens (tertiary/aromatic N) is 1. The fraction of sp³-hybridized carbons (Fsp3) is 0.364. The molecule has 0 bridgehead atoms. The van der Waals surface area contributed by atoms with Crippen LogP contribution in [0, 0.1) is 11.3 Å². The number of anilines is 1. The Morgan fingerprint density at radius 2 is 1.97 bits per heavy atom. The number of nitrogens with one attached hydrogen (secondary N) is 1. The van der Waals surface area contributed by atoms with Crippen molar-refractivity contribution in [2.75, 3.05) is 4.72 Å². The molecule has 2 aliphatic rings. The first-order valence-electron chi connectivity index (χ1n) is 10.2. The van der Waals surface area contributed by atoms with Crippen LogP contribution in [0.25, 0.3) is 0 Å². The van der Waals surface area contributed by atoms with Crippen LogP contribution in [0.3, 0.4) is 0 Å². The van der Waals surface area contributed by atoms with Crippen molar-refractivity contribution in [1.82, 2.24) is 0 Å². The highest BCUT2D eigenvalue weighted by atomic mass is 35.5. The predicted octanol–water partition coefficient (Wildman–Crippen LogP) is 5.15. The van der Waals surface area contributed by atoms with E-state index in [0.29, 0.717) is 5.56 Å². The summed E-state index contributed by atoms with van der Waals surface area (Å²) >= 11 is 6.07. The van der Waals surface area contributed by atoms with Crippen LogP contribution in [0.15, 0.2) is 35.2 Å².